The van der Waals surface area contributed by atoms with Crippen LogP contribution in [0.3, 0.4) is 0 Å². The van der Waals surface area contributed by atoms with Gasteiger partial charge in [0.25, 0.3) is 0 Å². The van der Waals surface area contributed by atoms with Crippen molar-refractivity contribution in [3.8, 4) is 5.75 Å². The second-order valence-electron chi connectivity index (χ2n) is 3.86. The summed E-state index contributed by atoms with van der Waals surface area (Å²) >= 11 is 1.62. The molecular weight excluding hydrogens is 232 g/mol. The maximum Gasteiger partial charge on any atom is 0.119 e. The molecule has 4 heteroatoms. The monoisotopic (exact) mass is 248 g/mol. The molecule has 0 aliphatic rings. The standard InChI is InChI=1S/C13H16N2OS/c1-9-6-10(16-3)4-5-11(9)13(14-2)12-7-17-8-15-12/h4-8,13-14H,1-3H3. The summed E-state index contributed by atoms with van der Waals surface area (Å²) < 4.78 is 5.22. The Labute approximate surface area is 105 Å². The van der Waals surface area contributed by atoms with Crippen molar-refractivity contribution in [2.24, 2.45) is 0 Å². The summed E-state index contributed by atoms with van der Waals surface area (Å²) in [5.41, 5.74) is 5.36. The number of nitrogens with one attached hydrogen (secondary N) is 1. The number of thiazole rings is 1. The molecule has 1 aromatic heterocycles. The Morgan fingerprint density at radius 1 is 1.41 bits per heavy atom. The van der Waals surface area contributed by atoms with Crippen LogP contribution in [0.1, 0.15) is 22.9 Å². The van der Waals surface area contributed by atoms with Crippen molar-refractivity contribution in [2.45, 2.75) is 13.0 Å². The van der Waals surface area contributed by atoms with Gasteiger partial charge in [-0.2, -0.15) is 0 Å². The van der Waals surface area contributed by atoms with Gasteiger partial charge in [0.05, 0.1) is 24.4 Å². The smallest absolute Gasteiger partial charge is 0.119 e. The number of rotatable bonds is 4. The zero-order chi connectivity index (χ0) is 12.3. The van der Waals surface area contributed by atoms with Gasteiger partial charge in [-0.1, -0.05) is 6.07 Å². The van der Waals surface area contributed by atoms with E-state index in [1.165, 1.54) is 11.1 Å². The van der Waals surface area contributed by atoms with Crippen LogP contribution in [0.2, 0.25) is 0 Å². The van der Waals surface area contributed by atoms with Gasteiger partial charge in [0.1, 0.15) is 5.75 Å². The van der Waals surface area contributed by atoms with Crippen molar-refractivity contribution in [2.75, 3.05) is 14.2 Å². The quantitative estimate of drug-likeness (QED) is 0.903. The lowest BCUT2D eigenvalue weighted by atomic mass is 9.99. The molecule has 0 spiro atoms. The Morgan fingerprint density at radius 2 is 2.24 bits per heavy atom. The Bertz CT molecular complexity index is 482. The molecule has 2 aromatic rings. The predicted octanol–water partition coefficient (Wildman–Crippen LogP) is 2.77. The molecule has 1 heterocycles. The summed E-state index contributed by atoms with van der Waals surface area (Å²) in [6, 6.07) is 6.27. The van der Waals surface area contributed by atoms with Crippen LogP contribution in [0.15, 0.2) is 29.1 Å². The van der Waals surface area contributed by atoms with Crippen LogP contribution >= 0.6 is 11.3 Å². The van der Waals surface area contributed by atoms with Crippen LogP contribution in [0.5, 0.6) is 5.75 Å². The highest BCUT2D eigenvalue weighted by Crippen LogP contribution is 2.27. The minimum atomic E-state index is 0.146. The van der Waals surface area contributed by atoms with Crippen molar-refractivity contribution >= 4 is 11.3 Å². The average Bonchev–Trinajstić information content (AvgIpc) is 2.85. The summed E-state index contributed by atoms with van der Waals surface area (Å²) in [4.78, 5) is 4.37. The number of benzene rings is 1. The van der Waals surface area contributed by atoms with Crippen molar-refractivity contribution in [3.63, 3.8) is 0 Å². The first-order chi connectivity index (χ1) is 8.26. The van der Waals surface area contributed by atoms with Crippen LogP contribution in [0, 0.1) is 6.92 Å². The highest BCUT2D eigenvalue weighted by atomic mass is 32.1. The van der Waals surface area contributed by atoms with Gasteiger partial charge in [0.15, 0.2) is 0 Å². The van der Waals surface area contributed by atoms with E-state index < -0.39 is 0 Å². The molecule has 0 radical (unpaired) electrons. The Balaban J connectivity index is 2.38. The van der Waals surface area contributed by atoms with Gasteiger partial charge in [-0.05, 0) is 37.2 Å². The minimum absolute atomic E-state index is 0.146. The second-order valence-corrected chi connectivity index (χ2v) is 4.58. The second kappa shape index (κ2) is 5.29. The van der Waals surface area contributed by atoms with E-state index in [0.29, 0.717) is 0 Å². The summed E-state index contributed by atoms with van der Waals surface area (Å²) in [6.45, 7) is 2.09. The fraction of sp³-hybridized carbons (Fsp3) is 0.308. The van der Waals surface area contributed by atoms with E-state index in [-0.39, 0.29) is 6.04 Å². The molecular formula is C13H16N2OS. The van der Waals surface area contributed by atoms with E-state index in [9.17, 15) is 0 Å². The summed E-state index contributed by atoms with van der Waals surface area (Å²) in [5, 5.41) is 5.38. The van der Waals surface area contributed by atoms with E-state index in [4.69, 9.17) is 4.74 Å². The first kappa shape index (κ1) is 12.1. The lowest BCUT2D eigenvalue weighted by Crippen LogP contribution is -2.18. The average molecular weight is 248 g/mol. The molecule has 1 aromatic carbocycles. The van der Waals surface area contributed by atoms with Gasteiger partial charge in [-0.25, -0.2) is 4.98 Å². The number of hydrogen-bond acceptors (Lipinski definition) is 4. The van der Waals surface area contributed by atoms with Crippen molar-refractivity contribution in [1.29, 1.82) is 0 Å². The number of nitrogens with zero attached hydrogens (tertiary/aromatic N) is 1. The number of hydrogen-bond donors (Lipinski definition) is 1. The van der Waals surface area contributed by atoms with Gasteiger partial charge < -0.3 is 10.1 Å². The van der Waals surface area contributed by atoms with Crippen LogP contribution in [0.25, 0.3) is 0 Å². The number of aryl methyl sites for hydroxylation is 1. The van der Waals surface area contributed by atoms with Crippen LogP contribution in [0.4, 0.5) is 0 Å². The topological polar surface area (TPSA) is 34.2 Å². The molecule has 0 aliphatic heterocycles. The lowest BCUT2D eigenvalue weighted by Gasteiger charge is -2.17. The molecule has 90 valence electrons. The molecule has 0 fully saturated rings. The first-order valence-electron chi connectivity index (χ1n) is 5.46. The van der Waals surface area contributed by atoms with Gasteiger partial charge in [-0.3, -0.25) is 0 Å². The third-order valence-corrected chi connectivity index (χ3v) is 3.43. The van der Waals surface area contributed by atoms with E-state index in [1.807, 2.05) is 24.7 Å². The molecule has 1 unspecified atom stereocenters. The first-order valence-corrected chi connectivity index (χ1v) is 6.40. The minimum Gasteiger partial charge on any atom is -0.497 e. The molecule has 0 aliphatic carbocycles. The van der Waals surface area contributed by atoms with Gasteiger partial charge >= 0.3 is 0 Å². The van der Waals surface area contributed by atoms with Crippen LogP contribution in [-0.2, 0) is 0 Å². The largest absolute Gasteiger partial charge is 0.497 e. The van der Waals surface area contributed by atoms with E-state index in [2.05, 4.69) is 28.7 Å². The van der Waals surface area contributed by atoms with E-state index in [0.717, 1.165) is 11.4 Å². The number of methoxy groups -OCH3 is 1. The molecule has 2 rings (SSSR count). The van der Waals surface area contributed by atoms with Crippen molar-refractivity contribution < 1.29 is 4.74 Å². The SMILES string of the molecule is CNC(c1cscn1)c1ccc(OC)cc1C. The highest BCUT2D eigenvalue weighted by molar-refractivity contribution is 7.07. The maximum atomic E-state index is 5.22. The molecule has 0 bridgehead atoms. The lowest BCUT2D eigenvalue weighted by molar-refractivity contribution is 0.414. The molecule has 1 N–H and O–H groups in total. The van der Waals surface area contributed by atoms with Gasteiger partial charge in [0, 0.05) is 5.38 Å². The van der Waals surface area contributed by atoms with E-state index >= 15 is 0 Å². The third-order valence-electron chi connectivity index (χ3n) is 2.82. The molecule has 1 atom stereocenters. The van der Waals surface area contributed by atoms with Crippen molar-refractivity contribution in [1.82, 2.24) is 10.3 Å². The van der Waals surface area contributed by atoms with Gasteiger partial charge in [-0.15, -0.1) is 11.3 Å². The third kappa shape index (κ3) is 2.48. The molecule has 17 heavy (non-hydrogen) atoms. The number of ether oxygens (including phenoxy) is 1. The van der Waals surface area contributed by atoms with Gasteiger partial charge in [0.2, 0.25) is 0 Å². The normalized spacial score (nSPS) is 12.4. The van der Waals surface area contributed by atoms with Crippen LogP contribution in [-0.4, -0.2) is 19.1 Å². The fourth-order valence-electron chi connectivity index (χ4n) is 1.93. The summed E-state index contributed by atoms with van der Waals surface area (Å²) in [6.07, 6.45) is 0. The Morgan fingerprint density at radius 3 is 2.76 bits per heavy atom. The van der Waals surface area contributed by atoms with Crippen molar-refractivity contribution in [3.05, 3.63) is 45.9 Å². The molecule has 0 amide bonds. The van der Waals surface area contributed by atoms with E-state index in [1.54, 1.807) is 18.4 Å². The zero-order valence-corrected chi connectivity index (χ0v) is 11.0. The fourth-order valence-corrected chi connectivity index (χ4v) is 2.51. The summed E-state index contributed by atoms with van der Waals surface area (Å²) in [5.74, 6) is 0.888. The number of aromatic nitrogens is 1. The highest BCUT2D eigenvalue weighted by Gasteiger charge is 2.16. The van der Waals surface area contributed by atoms with Crippen LogP contribution < -0.4 is 10.1 Å². The Kier molecular flexibility index (Phi) is 3.76. The Hall–Kier alpha value is -1.39. The molecule has 0 saturated carbocycles. The zero-order valence-electron chi connectivity index (χ0n) is 10.2. The molecule has 0 saturated heterocycles. The predicted molar refractivity (Wildman–Crippen MR) is 70.7 cm³/mol. The molecule has 3 nitrogen and oxygen atoms in total. The maximum absolute atomic E-state index is 5.22. The summed E-state index contributed by atoms with van der Waals surface area (Å²) in [7, 11) is 3.64.